The number of amides is 1. The zero-order valence-electron chi connectivity index (χ0n) is 19.6. The van der Waals surface area contributed by atoms with Crippen LogP contribution in [0, 0.1) is 0 Å². The largest absolute Gasteiger partial charge is 0.461 e. The molecule has 1 aliphatic carbocycles. The third kappa shape index (κ3) is 7.03. The van der Waals surface area contributed by atoms with Gasteiger partial charge in [-0.05, 0) is 44.4 Å². The maximum absolute atomic E-state index is 12.6. The van der Waals surface area contributed by atoms with Crippen molar-refractivity contribution < 1.29 is 23.5 Å². The van der Waals surface area contributed by atoms with E-state index >= 15 is 0 Å². The van der Waals surface area contributed by atoms with Crippen LogP contribution in [-0.2, 0) is 26.2 Å². The second-order valence-electron chi connectivity index (χ2n) is 8.99. The van der Waals surface area contributed by atoms with Gasteiger partial charge in [-0.15, -0.1) is 10.2 Å². The highest BCUT2D eigenvalue weighted by Crippen LogP contribution is 2.32. The predicted octanol–water partition coefficient (Wildman–Crippen LogP) is 4.61. The Morgan fingerprint density at radius 2 is 1.94 bits per heavy atom. The van der Waals surface area contributed by atoms with Gasteiger partial charge in [0.15, 0.2) is 0 Å². The highest BCUT2D eigenvalue weighted by Gasteiger charge is 2.39. The molecule has 1 aromatic carbocycles. The van der Waals surface area contributed by atoms with Gasteiger partial charge in [-0.25, -0.2) is 4.79 Å². The smallest absolute Gasteiger partial charge is 0.408 e. The number of carbonyl (C=O) groups excluding carboxylic acids is 2. The Bertz CT molecular complexity index is 1020. The lowest BCUT2D eigenvalue weighted by Crippen LogP contribution is -2.47. The summed E-state index contributed by atoms with van der Waals surface area (Å²) in [6, 6.07) is 9.80. The van der Waals surface area contributed by atoms with Crippen molar-refractivity contribution in [3.05, 3.63) is 71.5 Å². The number of carbonyl (C=O) groups is 2. The van der Waals surface area contributed by atoms with Crippen LogP contribution < -0.4 is 5.32 Å². The van der Waals surface area contributed by atoms with Crippen molar-refractivity contribution in [1.82, 2.24) is 15.5 Å². The average Bonchev–Trinajstić information content (AvgIpc) is 3.22. The molecule has 1 amide bonds. The normalized spacial score (nSPS) is 17.9. The second-order valence-corrected chi connectivity index (χ2v) is 8.99. The van der Waals surface area contributed by atoms with Crippen molar-refractivity contribution in [3.8, 4) is 0 Å². The molecule has 3 rings (SSSR count). The standard InChI is InChI=1S/C25H31N3O5/c1-5-9-21(29)31-17-19-12-14-25(15-13-19,26-23(30)33-24(2,3)4)22-28-27-20(32-22)16-18-10-7-6-8-11-18/h6-8,10-14H,5,9,15-17H2,1-4H3,(H,26,30)/t25-/m1/s1. The predicted molar refractivity (Wildman–Crippen MR) is 122 cm³/mol. The van der Waals surface area contributed by atoms with Crippen molar-refractivity contribution in [1.29, 1.82) is 0 Å². The maximum atomic E-state index is 12.6. The maximum Gasteiger partial charge on any atom is 0.408 e. The first kappa shape index (κ1) is 24.2. The van der Waals surface area contributed by atoms with Gasteiger partial charge in [0.1, 0.15) is 17.7 Å². The van der Waals surface area contributed by atoms with Crippen LogP contribution in [0.1, 0.15) is 64.3 Å². The van der Waals surface area contributed by atoms with Crippen molar-refractivity contribution in [2.45, 2.75) is 64.5 Å². The number of nitrogens with one attached hydrogen (secondary N) is 1. The van der Waals surface area contributed by atoms with Gasteiger partial charge in [0.25, 0.3) is 0 Å². The number of aromatic nitrogens is 2. The Morgan fingerprint density at radius 1 is 1.18 bits per heavy atom. The molecule has 0 bridgehead atoms. The molecule has 176 valence electrons. The van der Waals surface area contributed by atoms with Gasteiger partial charge in [0, 0.05) is 12.8 Å². The SMILES string of the molecule is CCCC(=O)OCC1=CC[C@@](NC(=O)OC(C)(C)C)(c2nnc(Cc3ccccc3)o2)C=C1. The fourth-order valence-corrected chi connectivity index (χ4v) is 3.29. The lowest BCUT2D eigenvalue weighted by atomic mass is 9.88. The second kappa shape index (κ2) is 10.5. The quantitative estimate of drug-likeness (QED) is 0.582. The number of alkyl carbamates (subject to hydrolysis) is 1. The number of esters is 1. The fourth-order valence-electron chi connectivity index (χ4n) is 3.29. The number of hydrogen-bond donors (Lipinski definition) is 1. The Labute approximate surface area is 194 Å². The lowest BCUT2D eigenvalue weighted by Gasteiger charge is -2.31. The van der Waals surface area contributed by atoms with Crippen LogP contribution in [-0.4, -0.2) is 34.5 Å². The van der Waals surface area contributed by atoms with E-state index in [2.05, 4.69) is 15.5 Å². The van der Waals surface area contributed by atoms with Gasteiger partial charge in [-0.3, -0.25) is 4.79 Å². The van der Waals surface area contributed by atoms with E-state index in [0.717, 1.165) is 17.6 Å². The minimum Gasteiger partial charge on any atom is -0.461 e. The third-order valence-electron chi connectivity index (χ3n) is 4.89. The molecule has 0 saturated carbocycles. The van der Waals surface area contributed by atoms with E-state index in [9.17, 15) is 9.59 Å². The molecule has 0 spiro atoms. The first-order chi connectivity index (χ1) is 15.7. The van der Waals surface area contributed by atoms with E-state index in [1.54, 1.807) is 32.9 Å². The van der Waals surface area contributed by atoms with Gasteiger partial charge in [0.05, 0.1) is 6.42 Å². The monoisotopic (exact) mass is 453 g/mol. The van der Waals surface area contributed by atoms with E-state index in [4.69, 9.17) is 13.9 Å². The van der Waals surface area contributed by atoms with Crippen LogP contribution in [0.15, 0.2) is 58.6 Å². The molecule has 1 aliphatic rings. The van der Waals surface area contributed by atoms with E-state index in [-0.39, 0.29) is 18.5 Å². The molecular formula is C25H31N3O5. The Hall–Kier alpha value is -3.42. The molecular weight excluding hydrogens is 422 g/mol. The van der Waals surface area contributed by atoms with Gasteiger partial charge >= 0.3 is 12.1 Å². The van der Waals surface area contributed by atoms with Gasteiger partial charge in [0.2, 0.25) is 11.8 Å². The molecule has 33 heavy (non-hydrogen) atoms. The summed E-state index contributed by atoms with van der Waals surface area (Å²) in [6.07, 6.45) is 6.80. The summed E-state index contributed by atoms with van der Waals surface area (Å²) in [5.74, 6) is 0.463. The molecule has 8 heteroatoms. The zero-order chi connectivity index (χ0) is 23.9. The van der Waals surface area contributed by atoms with Crippen LogP contribution in [0.4, 0.5) is 4.79 Å². The van der Waals surface area contributed by atoms with Gasteiger partial charge in [-0.1, -0.05) is 49.4 Å². The topological polar surface area (TPSA) is 104 Å². The van der Waals surface area contributed by atoms with Crippen LogP contribution in [0.3, 0.4) is 0 Å². The van der Waals surface area contributed by atoms with E-state index in [1.807, 2.05) is 43.3 Å². The molecule has 0 aliphatic heterocycles. The minimum atomic E-state index is -1.07. The molecule has 0 unspecified atom stereocenters. The summed E-state index contributed by atoms with van der Waals surface area (Å²) >= 11 is 0. The fraction of sp³-hybridized carbons (Fsp3) is 0.440. The molecule has 2 aromatic rings. The number of rotatable bonds is 8. The first-order valence-electron chi connectivity index (χ1n) is 11.1. The Morgan fingerprint density at radius 3 is 2.58 bits per heavy atom. The van der Waals surface area contributed by atoms with Gasteiger partial charge in [-0.2, -0.15) is 0 Å². The molecule has 1 heterocycles. The van der Waals surface area contributed by atoms with Gasteiger partial charge < -0.3 is 19.2 Å². The molecule has 0 radical (unpaired) electrons. The van der Waals surface area contributed by atoms with Crippen LogP contribution >= 0.6 is 0 Å². The van der Waals surface area contributed by atoms with Crippen LogP contribution in [0.25, 0.3) is 0 Å². The van der Waals surface area contributed by atoms with Crippen molar-refractivity contribution in [3.63, 3.8) is 0 Å². The molecule has 1 atom stereocenters. The van der Waals surface area contributed by atoms with Crippen LogP contribution in [0.5, 0.6) is 0 Å². The highest BCUT2D eigenvalue weighted by atomic mass is 16.6. The minimum absolute atomic E-state index is 0.168. The average molecular weight is 454 g/mol. The van der Waals surface area contributed by atoms with E-state index < -0.39 is 17.2 Å². The number of ether oxygens (including phenoxy) is 2. The molecule has 1 N–H and O–H groups in total. The first-order valence-corrected chi connectivity index (χ1v) is 11.1. The summed E-state index contributed by atoms with van der Waals surface area (Å²) in [7, 11) is 0. The van der Waals surface area contributed by atoms with Crippen molar-refractivity contribution in [2.24, 2.45) is 0 Å². The van der Waals surface area contributed by atoms with E-state index in [1.165, 1.54) is 0 Å². The Kier molecular flexibility index (Phi) is 7.68. The number of nitrogens with zero attached hydrogens (tertiary/aromatic N) is 2. The molecule has 0 fully saturated rings. The lowest BCUT2D eigenvalue weighted by molar-refractivity contribution is -0.142. The molecule has 1 aromatic heterocycles. The summed E-state index contributed by atoms with van der Waals surface area (Å²) < 4.78 is 16.7. The summed E-state index contributed by atoms with van der Waals surface area (Å²) in [5, 5.41) is 11.3. The molecule has 0 saturated heterocycles. The summed E-state index contributed by atoms with van der Waals surface area (Å²) in [5.41, 5.74) is 0.134. The van der Waals surface area contributed by atoms with Crippen molar-refractivity contribution >= 4 is 12.1 Å². The van der Waals surface area contributed by atoms with E-state index in [0.29, 0.717) is 25.2 Å². The van der Waals surface area contributed by atoms with Crippen molar-refractivity contribution in [2.75, 3.05) is 6.61 Å². The third-order valence-corrected chi connectivity index (χ3v) is 4.89. The zero-order valence-corrected chi connectivity index (χ0v) is 19.6. The molecule has 8 nitrogen and oxygen atoms in total. The highest BCUT2D eigenvalue weighted by molar-refractivity contribution is 5.70. The summed E-state index contributed by atoms with van der Waals surface area (Å²) in [4.78, 5) is 24.3. The summed E-state index contributed by atoms with van der Waals surface area (Å²) in [6.45, 7) is 7.48. The Balaban J connectivity index is 1.78. The number of hydrogen-bond acceptors (Lipinski definition) is 7. The van der Waals surface area contributed by atoms with Crippen LogP contribution in [0.2, 0.25) is 0 Å². The number of benzene rings is 1.